The molecule has 0 aliphatic carbocycles. The van der Waals surface area contributed by atoms with Gasteiger partial charge in [0.2, 0.25) is 0 Å². The van der Waals surface area contributed by atoms with Crippen LogP contribution in [0.15, 0.2) is 24.3 Å². The highest BCUT2D eigenvalue weighted by atomic mass is 16.6. The van der Waals surface area contributed by atoms with Gasteiger partial charge in [-0.05, 0) is 11.6 Å². The monoisotopic (exact) mass is 274 g/mol. The van der Waals surface area contributed by atoms with Crippen LogP contribution in [0.3, 0.4) is 0 Å². The van der Waals surface area contributed by atoms with Gasteiger partial charge in [-0.3, -0.25) is 4.79 Å². The standard InChI is InChI=1S/C15H18N2O3/c16-7-3-6-12-4-1-2-5-13(12)10-17-15(18)14-11-19-8-9-20-14/h1-2,4-5,14H,7-11,16H2,(H,17,18). The van der Waals surface area contributed by atoms with Crippen molar-refractivity contribution in [3.05, 3.63) is 35.4 Å². The molecule has 1 heterocycles. The van der Waals surface area contributed by atoms with Crippen LogP contribution < -0.4 is 11.1 Å². The molecule has 1 fully saturated rings. The predicted molar refractivity (Wildman–Crippen MR) is 74.8 cm³/mol. The predicted octanol–water partition coefficient (Wildman–Crippen LogP) is 0.0284. The van der Waals surface area contributed by atoms with Crippen LogP contribution in [0.4, 0.5) is 0 Å². The number of ether oxygens (including phenoxy) is 2. The first-order chi connectivity index (χ1) is 9.81. The third kappa shape index (κ3) is 4.07. The fraction of sp³-hybridized carbons (Fsp3) is 0.400. The van der Waals surface area contributed by atoms with Crippen molar-refractivity contribution in [2.45, 2.75) is 12.6 Å². The Morgan fingerprint density at radius 3 is 3.00 bits per heavy atom. The molecule has 0 bridgehead atoms. The van der Waals surface area contributed by atoms with Crippen LogP contribution in [0.25, 0.3) is 0 Å². The van der Waals surface area contributed by atoms with E-state index in [-0.39, 0.29) is 5.91 Å². The summed E-state index contributed by atoms with van der Waals surface area (Å²) in [5.41, 5.74) is 7.20. The topological polar surface area (TPSA) is 73.6 Å². The van der Waals surface area contributed by atoms with Crippen LogP contribution in [0.1, 0.15) is 11.1 Å². The summed E-state index contributed by atoms with van der Waals surface area (Å²) in [4.78, 5) is 11.9. The third-order valence-electron chi connectivity index (χ3n) is 2.90. The Morgan fingerprint density at radius 1 is 1.40 bits per heavy atom. The normalized spacial score (nSPS) is 17.9. The minimum Gasteiger partial charge on any atom is -0.376 e. The molecule has 106 valence electrons. The maximum absolute atomic E-state index is 11.9. The van der Waals surface area contributed by atoms with Crippen molar-refractivity contribution in [3.8, 4) is 11.8 Å². The number of benzene rings is 1. The molecule has 0 radical (unpaired) electrons. The second kappa shape index (κ2) is 7.65. The fourth-order valence-corrected chi connectivity index (χ4v) is 1.88. The first kappa shape index (κ1) is 14.5. The van der Waals surface area contributed by atoms with Crippen LogP contribution in [0.5, 0.6) is 0 Å². The lowest BCUT2D eigenvalue weighted by Crippen LogP contribution is -2.42. The summed E-state index contributed by atoms with van der Waals surface area (Å²) in [6, 6.07) is 7.66. The molecule has 5 heteroatoms. The lowest BCUT2D eigenvalue weighted by Gasteiger charge is -2.22. The molecule has 1 aliphatic rings. The van der Waals surface area contributed by atoms with E-state index < -0.39 is 6.10 Å². The summed E-state index contributed by atoms with van der Waals surface area (Å²) in [5.74, 6) is 5.65. The van der Waals surface area contributed by atoms with Crippen LogP contribution in [-0.2, 0) is 20.8 Å². The van der Waals surface area contributed by atoms with E-state index in [1.165, 1.54) is 0 Å². The average molecular weight is 274 g/mol. The first-order valence-corrected chi connectivity index (χ1v) is 6.55. The smallest absolute Gasteiger partial charge is 0.251 e. The minimum atomic E-state index is -0.522. The van der Waals surface area contributed by atoms with Gasteiger partial charge in [-0.15, -0.1) is 0 Å². The van der Waals surface area contributed by atoms with Crippen molar-refractivity contribution in [2.24, 2.45) is 5.73 Å². The van der Waals surface area contributed by atoms with Gasteiger partial charge in [-0.1, -0.05) is 30.0 Å². The zero-order valence-corrected chi connectivity index (χ0v) is 11.2. The quantitative estimate of drug-likeness (QED) is 0.763. The molecule has 20 heavy (non-hydrogen) atoms. The number of rotatable bonds is 3. The van der Waals surface area contributed by atoms with E-state index in [4.69, 9.17) is 15.2 Å². The van der Waals surface area contributed by atoms with Gasteiger partial charge in [0.25, 0.3) is 5.91 Å². The molecule has 0 aromatic heterocycles. The van der Waals surface area contributed by atoms with Gasteiger partial charge in [-0.25, -0.2) is 0 Å². The largest absolute Gasteiger partial charge is 0.376 e. The first-order valence-electron chi connectivity index (χ1n) is 6.55. The second-order valence-corrected chi connectivity index (χ2v) is 4.32. The van der Waals surface area contributed by atoms with Crippen molar-refractivity contribution in [3.63, 3.8) is 0 Å². The van der Waals surface area contributed by atoms with E-state index in [9.17, 15) is 4.79 Å². The summed E-state index contributed by atoms with van der Waals surface area (Å²) in [5, 5.41) is 2.84. The van der Waals surface area contributed by atoms with Gasteiger partial charge in [0.15, 0.2) is 6.10 Å². The Balaban J connectivity index is 1.94. The fourth-order valence-electron chi connectivity index (χ4n) is 1.88. The average Bonchev–Trinajstić information content (AvgIpc) is 2.52. The zero-order valence-electron chi connectivity index (χ0n) is 11.2. The third-order valence-corrected chi connectivity index (χ3v) is 2.90. The van der Waals surface area contributed by atoms with Gasteiger partial charge in [-0.2, -0.15) is 0 Å². The van der Waals surface area contributed by atoms with Gasteiger partial charge in [0.1, 0.15) is 0 Å². The number of hydrogen-bond donors (Lipinski definition) is 2. The zero-order chi connectivity index (χ0) is 14.2. The second-order valence-electron chi connectivity index (χ2n) is 4.32. The molecule has 0 spiro atoms. The van der Waals surface area contributed by atoms with Crippen molar-refractivity contribution in [1.82, 2.24) is 5.32 Å². The van der Waals surface area contributed by atoms with E-state index in [0.29, 0.717) is 32.9 Å². The van der Waals surface area contributed by atoms with Gasteiger partial charge in [0.05, 0.1) is 26.4 Å². The lowest BCUT2D eigenvalue weighted by molar-refractivity contribution is -0.147. The van der Waals surface area contributed by atoms with E-state index in [1.807, 2.05) is 24.3 Å². The molecule has 1 saturated heterocycles. The van der Waals surface area contributed by atoms with Crippen LogP contribution in [0, 0.1) is 11.8 Å². The summed E-state index contributed by atoms with van der Waals surface area (Å²) >= 11 is 0. The molecule has 5 nitrogen and oxygen atoms in total. The van der Waals surface area contributed by atoms with Crippen molar-refractivity contribution in [2.75, 3.05) is 26.4 Å². The van der Waals surface area contributed by atoms with Gasteiger partial charge in [0, 0.05) is 12.1 Å². The van der Waals surface area contributed by atoms with Crippen LogP contribution >= 0.6 is 0 Å². The SMILES string of the molecule is NCC#Cc1ccccc1CNC(=O)C1COCCO1. The van der Waals surface area contributed by atoms with E-state index in [1.54, 1.807) is 0 Å². The van der Waals surface area contributed by atoms with E-state index in [0.717, 1.165) is 11.1 Å². The number of amides is 1. The Labute approximate surface area is 118 Å². The van der Waals surface area contributed by atoms with E-state index >= 15 is 0 Å². The van der Waals surface area contributed by atoms with Crippen molar-refractivity contribution in [1.29, 1.82) is 0 Å². The Bertz CT molecular complexity index is 513. The maximum atomic E-state index is 11.9. The Hall–Kier alpha value is -1.87. The number of nitrogens with two attached hydrogens (primary N) is 1. The summed E-state index contributed by atoms with van der Waals surface area (Å²) in [6.45, 7) is 2.03. The molecule has 0 saturated carbocycles. The molecule has 1 amide bonds. The number of carbonyl (C=O) groups excluding carboxylic acids is 1. The molecule has 1 aromatic carbocycles. The molecule has 2 rings (SSSR count). The number of hydrogen-bond acceptors (Lipinski definition) is 4. The van der Waals surface area contributed by atoms with E-state index in [2.05, 4.69) is 17.2 Å². The summed E-state index contributed by atoms with van der Waals surface area (Å²) < 4.78 is 10.6. The molecule has 1 unspecified atom stereocenters. The van der Waals surface area contributed by atoms with Crippen molar-refractivity contribution < 1.29 is 14.3 Å². The molecule has 3 N–H and O–H groups in total. The highest BCUT2D eigenvalue weighted by Gasteiger charge is 2.22. The van der Waals surface area contributed by atoms with Gasteiger partial charge >= 0.3 is 0 Å². The highest BCUT2D eigenvalue weighted by molar-refractivity contribution is 5.81. The Kier molecular flexibility index (Phi) is 5.56. The number of carbonyl (C=O) groups is 1. The molecular formula is C15H18N2O3. The molecular weight excluding hydrogens is 256 g/mol. The van der Waals surface area contributed by atoms with Crippen LogP contribution in [0.2, 0.25) is 0 Å². The molecule has 1 aromatic rings. The summed E-state index contributed by atoms with van der Waals surface area (Å²) in [7, 11) is 0. The maximum Gasteiger partial charge on any atom is 0.251 e. The Morgan fingerprint density at radius 2 is 2.25 bits per heavy atom. The van der Waals surface area contributed by atoms with Gasteiger partial charge < -0.3 is 20.5 Å². The highest BCUT2D eigenvalue weighted by Crippen LogP contribution is 2.08. The van der Waals surface area contributed by atoms with Crippen LogP contribution in [-0.4, -0.2) is 38.4 Å². The molecule has 1 aliphatic heterocycles. The van der Waals surface area contributed by atoms with Crippen molar-refractivity contribution >= 4 is 5.91 Å². The lowest BCUT2D eigenvalue weighted by atomic mass is 10.1. The minimum absolute atomic E-state index is 0.161. The molecule has 1 atom stereocenters. The summed E-state index contributed by atoms with van der Waals surface area (Å²) in [6.07, 6.45) is -0.522. The number of nitrogens with one attached hydrogen (secondary N) is 1.